The van der Waals surface area contributed by atoms with Gasteiger partial charge in [0.2, 0.25) is 0 Å². The van der Waals surface area contributed by atoms with Gasteiger partial charge in [-0.25, -0.2) is 4.99 Å². The number of rotatable bonds is 4. The number of benzene rings is 1. The molecule has 3 rings (SSSR count). The molecule has 24 heavy (non-hydrogen) atoms. The average molecular weight is 324 g/mol. The first-order valence-corrected chi connectivity index (χ1v) is 8.12. The third kappa shape index (κ3) is 3.23. The third-order valence-corrected chi connectivity index (χ3v) is 4.28. The summed E-state index contributed by atoms with van der Waals surface area (Å²) < 4.78 is 10.8. The molecular formula is C20H24N2O2. The van der Waals surface area contributed by atoms with Gasteiger partial charge in [0.15, 0.2) is 0 Å². The summed E-state index contributed by atoms with van der Waals surface area (Å²) >= 11 is 0. The predicted molar refractivity (Wildman–Crippen MR) is 97.4 cm³/mol. The second kappa shape index (κ2) is 6.19. The van der Waals surface area contributed by atoms with Crippen molar-refractivity contribution in [3.05, 3.63) is 64.7 Å². The van der Waals surface area contributed by atoms with Crippen LogP contribution in [0.25, 0.3) is 0 Å². The zero-order valence-corrected chi connectivity index (χ0v) is 14.9. The van der Waals surface area contributed by atoms with Crippen LogP contribution in [0.5, 0.6) is 5.75 Å². The van der Waals surface area contributed by atoms with E-state index in [-0.39, 0.29) is 5.54 Å². The lowest BCUT2D eigenvalue weighted by Gasteiger charge is -2.19. The molecule has 2 heterocycles. The van der Waals surface area contributed by atoms with Crippen LogP contribution in [0.4, 0.5) is 0 Å². The van der Waals surface area contributed by atoms with Gasteiger partial charge < -0.3 is 14.8 Å². The van der Waals surface area contributed by atoms with E-state index in [1.165, 1.54) is 0 Å². The van der Waals surface area contributed by atoms with E-state index in [9.17, 15) is 0 Å². The van der Waals surface area contributed by atoms with Gasteiger partial charge in [0.1, 0.15) is 17.2 Å². The lowest BCUT2D eigenvalue weighted by atomic mass is 10.1. The van der Waals surface area contributed by atoms with Crippen molar-refractivity contribution in [3.8, 4) is 5.75 Å². The van der Waals surface area contributed by atoms with Crippen LogP contribution in [0.15, 0.2) is 58.6 Å². The van der Waals surface area contributed by atoms with Crippen LogP contribution in [-0.4, -0.2) is 25.5 Å². The number of allylic oxidation sites excluding steroid dienone is 2. The van der Waals surface area contributed by atoms with E-state index in [0.29, 0.717) is 0 Å². The van der Waals surface area contributed by atoms with Crippen LogP contribution in [0, 0.1) is 6.92 Å². The summed E-state index contributed by atoms with van der Waals surface area (Å²) in [5, 5.41) is 3.50. The van der Waals surface area contributed by atoms with E-state index in [4.69, 9.17) is 14.5 Å². The van der Waals surface area contributed by atoms with Gasteiger partial charge in [0, 0.05) is 22.9 Å². The van der Waals surface area contributed by atoms with E-state index in [1.54, 1.807) is 14.2 Å². The first-order chi connectivity index (χ1) is 11.4. The molecule has 126 valence electrons. The fourth-order valence-electron chi connectivity index (χ4n) is 2.97. The van der Waals surface area contributed by atoms with Gasteiger partial charge >= 0.3 is 0 Å². The highest BCUT2D eigenvalue weighted by Crippen LogP contribution is 2.28. The Kier molecular flexibility index (Phi) is 4.22. The standard InChI is InChI=1S/C20H24N2O2/c1-13-10-14(6-7-18(13)23-4)16-12-19(24-5)17(21-16)11-15-8-9-20(2,3)22-15/h6-8,10-12,22H,9H2,1-5H3/b17-11-. The van der Waals surface area contributed by atoms with E-state index in [1.807, 2.05) is 31.2 Å². The van der Waals surface area contributed by atoms with Gasteiger partial charge in [-0.1, -0.05) is 6.08 Å². The van der Waals surface area contributed by atoms with Crippen molar-refractivity contribution < 1.29 is 9.47 Å². The lowest BCUT2D eigenvalue weighted by molar-refractivity contribution is 0.302. The summed E-state index contributed by atoms with van der Waals surface area (Å²) in [7, 11) is 3.36. The predicted octanol–water partition coefficient (Wildman–Crippen LogP) is 3.88. The molecule has 0 saturated carbocycles. The van der Waals surface area contributed by atoms with Gasteiger partial charge in [0.25, 0.3) is 0 Å². The highest BCUT2D eigenvalue weighted by molar-refractivity contribution is 6.11. The first kappa shape index (κ1) is 16.4. The zero-order valence-electron chi connectivity index (χ0n) is 14.9. The first-order valence-electron chi connectivity index (χ1n) is 8.12. The highest BCUT2D eigenvalue weighted by Gasteiger charge is 2.24. The molecule has 1 aromatic carbocycles. The molecular weight excluding hydrogens is 300 g/mol. The number of nitrogens with zero attached hydrogens (tertiary/aromatic N) is 1. The van der Waals surface area contributed by atoms with Gasteiger partial charge in [-0.2, -0.15) is 0 Å². The molecule has 0 aliphatic carbocycles. The zero-order chi connectivity index (χ0) is 17.3. The molecule has 2 aliphatic heterocycles. The van der Waals surface area contributed by atoms with Crippen molar-refractivity contribution in [3.63, 3.8) is 0 Å². The van der Waals surface area contributed by atoms with Crippen molar-refractivity contribution in [2.45, 2.75) is 32.7 Å². The summed E-state index contributed by atoms with van der Waals surface area (Å²) in [4.78, 5) is 4.76. The van der Waals surface area contributed by atoms with Gasteiger partial charge in [-0.15, -0.1) is 0 Å². The normalized spacial score (nSPS) is 20.4. The van der Waals surface area contributed by atoms with Crippen LogP contribution in [0.2, 0.25) is 0 Å². The van der Waals surface area contributed by atoms with Crippen LogP contribution in [0.1, 0.15) is 31.4 Å². The minimum absolute atomic E-state index is 0.0988. The lowest BCUT2D eigenvalue weighted by Crippen LogP contribution is -2.32. The summed E-state index contributed by atoms with van der Waals surface area (Å²) in [6.07, 6.45) is 7.24. The molecule has 2 aliphatic rings. The maximum atomic E-state index is 5.51. The van der Waals surface area contributed by atoms with Gasteiger partial charge in [0.05, 0.1) is 19.9 Å². The van der Waals surface area contributed by atoms with Crippen LogP contribution in [-0.2, 0) is 4.74 Å². The fraction of sp³-hybridized carbons (Fsp3) is 0.350. The van der Waals surface area contributed by atoms with E-state index in [0.717, 1.165) is 46.2 Å². The number of hydrogen-bond acceptors (Lipinski definition) is 4. The second-order valence-corrected chi connectivity index (χ2v) is 6.80. The van der Waals surface area contributed by atoms with Crippen LogP contribution in [0.3, 0.4) is 0 Å². The molecule has 1 aromatic rings. The Morgan fingerprint density at radius 3 is 2.58 bits per heavy atom. The molecule has 0 bridgehead atoms. The molecule has 4 nitrogen and oxygen atoms in total. The summed E-state index contributed by atoms with van der Waals surface area (Å²) in [5.74, 6) is 1.66. The topological polar surface area (TPSA) is 42.9 Å². The van der Waals surface area contributed by atoms with Crippen molar-refractivity contribution in [2.24, 2.45) is 4.99 Å². The Morgan fingerprint density at radius 2 is 2.00 bits per heavy atom. The molecule has 0 aromatic heterocycles. The monoisotopic (exact) mass is 324 g/mol. The van der Waals surface area contributed by atoms with Crippen molar-refractivity contribution >= 4 is 5.71 Å². The van der Waals surface area contributed by atoms with Crippen LogP contribution >= 0.6 is 0 Å². The number of hydrogen-bond donors (Lipinski definition) is 1. The number of methoxy groups -OCH3 is 2. The minimum atomic E-state index is 0.0988. The maximum absolute atomic E-state index is 5.51. The summed E-state index contributed by atoms with van der Waals surface area (Å²) in [5.41, 5.74) is 5.08. The van der Waals surface area contributed by atoms with Crippen molar-refractivity contribution in [2.75, 3.05) is 14.2 Å². The molecule has 4 heteroatoms. The Balaban J connectivity index is 1.91. The van der Waals surface area contributed by atoms with Gasteiger partial charge in [-0.3, -0.25) is 0 Å². The molecule has 0 unspecified atom stereocenters. The number of nitrogens with one attached hydrogen (secondary N) is 1. The maximum Gasteiger partial charge on any atom is 0.146 e. The van der Waals surface area contributed by atoms with Gasteiger partial charge in [-0.05, 0) is 57.0 Å². The SMILES string of the molecule is COC1=CC(c2ccc(OC)c(C)c2)=N/C1=C\C1=CCC(C)(C)N1. The van der Waals surface area contributed by atoms with Crippen molar-refractivity contribution in [1.82, 2.24) is 5.32 Å². The Hall–Kier alpha value is -2.49. The molecule has 0 saturated heterocycles. The minimum Gasteiger partial charge on any atom is -0.496 e. The Labute approximate surface area is 143 Å². The smallest absolute Gasteiger partial charge is 0.146 e. The van der Waals surface area contributed by atoms with E-state index < -0.39 is 0 Å². The van der Waals surface area contributed by atoms with Crippen LogP contribution < -0.4 is 10.1 Å². The number of aryl methyl sites for hydroxylation is 1. The highest BCUT2D eigenvalue weighted by atomic mass is 16.5. The third-order valence-electron chi connectivity index (χ3n) is 4.28. The molecule has 0 atom stereocenters. The molecule has 0 fully saturated rings. The second-order valence-electron chi connectivity index (χ2n) is 6.80. The Morgan fingerprint density at radius 1 is 1.21 bits per heavy atom. The van der Waals surface area contributed by atoms with Crippen molar-refractivity contribution in [1.29, 1.82) is 0 Å². The quantitative estimate of drug-likeness (QED) is 0.914. The summed E-state index contributed by atoms with van der Waals surface area (Å²) in [6, 6.07) is 6.08. The van der Waals surface area contributed by atoms with E-state index >= 15 is 0 Å². The molecule has 0 amide bonds. The Bertz CT molecular complexity index is 783. The number of aliphatic imine (C=N–C) groups is 1. The molecule has 1 N–H and O–H groups in total. The van der Waals surface area contributed by atoms with E-state index in [2.05, 4.69) is 31.3 Å². The molecule has 0 spiro atoms. The molecule has 0 radical (unpaired) electrons. The number of ether oxygens (including phenoxy) is 2. The fourth-order valence-corrected chi connectivity index (χ4v) is 2.97. The largest absolute Gasteiger partial charge is 0.496 e. The summed E-state index contributed by atoms with van der Waals surface area (Å²) in [6.45, 7) is 6.40. The average Bonchev–Trinajstić information content (AvgIpc) is 3.10.